The fourth-order valence-corrected chi connectivity index (χ4v) is 2.72. The molecule has 0 saturated heterocycles. The summed E-state index contributed by atoms with van der Waals surface area (Å²) in [6, 6.07) is 15.1. The Labute approximate surface area is 149 Å². The van der Waals surface area contributed by atoms with Crippen molar-refractivity contribution in [3.8, 4) is 0 Å². The van der Waals surface area contributed by atoms with E-state index in [1.807, 2.05) is 42.6 Å². The van der Waals surface area contributed by atoms with Crippen LogP contribution in [0.3, 0.4) is 0 Å². The van der Waals surface area contributed by atoms with Crippen LogP contribution in [0.4, 0.5) is 11.6 Å². The molecule has 0 aliphatic rings. The largest absolute Gasteiger partial charge is 0.467 e. The Hall–Kier alpha value is -3.61. The molecule has 4 rings (SSSR count). The third kappa shape index (κ3) is 3.56. The van der Waals surface area contributed by atoms with E-state index >= 15 is 0 Å². The van der Waals surface area contributed by atoms with E-state index in [4.69, 9.17) is 4.42 Å². The number of carbonyl (C=O) groups excluding carboxylic acids is 1. The number of furan rings is 1. The lowest BCUT2D eigenvalue weighted by molar-refractivity contribution is -0.115. The van der Waals surface area contributed by atoms with Crippen LogP contribution in [0, 0.1) is 0 Å². The summed E-state index contributed by atoms with van der Waals surface area (Å²) in [5.74, 6) is 1.69. The normalized spacial score (nSPS) is 10.8. The van der Waals surface area contributed by atoms with Gasteiger partial charge in [0, 0.05) is 17.1 Å². The minimum Gasteiger partial charge on any atom is -0.467 e. The number of aromatic amines is 1. The lowest BCUT2D eigenvalue weighted by Crippen LogP contribution is -2.15. The number of benzene rings is 1. The van der Waals surface area contributed by atoms with Gasteiger partial charge in [0.05, 0.1) is 19.2 Å². The number of aromatic nitrogens is 3. The van der Waals surface area contributed by atoms with Crippen molar-refractivity contribution >= 4 is 28.4 Å². The van der Waals surface area contributed by atoms with Crippen LogP contribution in [-0.4, -0.2) is 21.1 Å². The second kappa shape index (κ2) is 7.10. The zero-order valence-electron chi connectivity index (χ0n) is 13.9. The van der Waals surface area contributed by atoms with Crippen LogP contribution < -0.4 is 10.6 Å². The van der Waals surface area contributed by atoms with E-state index in [0.29, 0.717) is 18.2 Å². The predicted octanol–water partition coefficient (Wildman–Crippen LogP) is 3.34. The summed E-state index contributed by atoms with van der Waals surface area (Å²) in [6.07, 6.45) is 3.75. The summed E-state index contributed by atoms with van der Waals surface area (Å²) in [4.78, 5) is 15.4. The number of H-pyrrole nitrogens is 1. The number of nitrogens with one attached hydrogen (secondary N) is 3. The van der Waals surface area contributed by atoms with Gasteiger partial charge in [-0.3, -0.25) is 4.79 Å². The Kier molecular flexibility index (Phi) is 4.34. The predicted molar refractivity (Wildman–Crippen MR) is 98.7 cm³/mol. The van der Waals surface area contributed by atoms with E-state index in [2.05, 4.69) is 25.8 Å². The first-order valence-electron chi connectivity index (χ1n) is 8.23. The van der Waals surface area contributed by atoms with E-state index in [1.165, 1.54) is 0 Å². The van der Waals surface area contributed by atoms with Crippen molar-refractivity contribution in [3.63, 3.8) is 0 Å². The van der Waals surface area contributed by atoms with E-state index in [9.17, 15) is 4.79 Å². The molecule has 1 aromatic carbocycles. The van der Waals surface area contributed by atoms with E-state index < -0.39 is 0 Å². The molecule has 0 saturated carbocycles. The second-order valence-electron chi connectivity index (χ2n) is 5.82. The summed E-state index contributed by atoms with van der Waals surface area (Å²) in [7, 11) is 0. The minimum absolute atomic E-state index is 0.139. The first kappa shape index (κ1) is 15.9. The Balaban J connectivity index is 1.35. The third-order valence-corrected chi connectivity index (χ3v) is 3.98. The molecular formula is C19H17N5O2. The topological polar surface area (TPSA) is 95.8 Å². The van der Waals surface area contributed by atoms with Crippen LogP contribution in [0.15, 0.2) is 65.4 Å². The highest BCUT2D eigenvalue weighted by Crippen LogP contribution is 2.18. The van der Waals surface area contributed by atoms with Gasteiger partial charge in [-0.2, -0.15) is 0 Å². The summed E-state index contributed by atoms with van der Waals surface area (Å²) in [5.41, 5.74) is 1.96. The van der Waals surface area contributed by atoms with Crippen LogP contribution in [0.1, 0.15) is 11.3 Å². The van der Waals surface area contributed by atoms with Crippen LogP contribution in [0.25, 0.3) is 10.9 Å². The van der Waals surface area contributed by atoms with Gasteiger partial charge >= 0.3 is 0 Å². The van der Waals surface area contributed by atoms with E-state index in [0.717, 1.165) is 22.2 Å². The molecule has 26 heavy (non-hydrogen) atoms. The molecule has 7 nitrogen and oxygen atoms in total. The number of carbonyl (C=O) groups is 1. The number of para-hydroxylation sites is 1. The zero-order chi connectivity index (χ0) is 17.8. The quantitative estimate of drug-likeness (QED) is 0.497. The molecule has 130 valence electrons. The molecule has 4 aromatic rings. The van der Waals surface area contributed by atoms with Gasteiger partial charge in [-0.15, -0.1) is 10.2 Å². The van der Waals surface area contributed by atoms with Gasteiger partial charge in [0.15, 0.2) is 5.82 Å². The highest BCUT2D eigenvalue weighted by atomic mass is 16.3. The average Bonchev–Trinajstić information content (AvgIpc) is 3.32. The summed E-state index contributed by atoms with van der Waals surface area (Å²) >= 11 is 0. The second-order valence-corrected chi connectivity index (χ2v) is 5.82. The molecule has 0 bridgehead atoms. The van der Waals surface area contributed by atoms with E-state index in [1.54, 1.807) is 18.4 Å². The Morgan fingerprint density at radius 2 is 1.88 bits per heavy atom. The molecule has 3 aromatic heterocycles. The maximum Gasteiger partial charge on any atom is 0.230 e. The van der Waals surface area contributed by atoms with Gasteiger partial charge in [-0.25, -0.2) is 0 Å². The van der Waals surface area contributed by atoms with Crippen molar-refractivity contribution in [3.05, 3.63) is 72.3 Å². The van der Waals surface area contributed by atoms with Crippen molar-refractivity contribution < 1.29 is 9.21 Å². The molecule has 0 fully saturated rings. The SMILES string of the molecule is O=C(Cc1c[nH]c2ccccc12)Nc1ccc(NCc2ccco2)nn1. The van der Waals surface area contributed by atoms with Gasteiger partial charge in [0.25, 0.3) is 0 Å². The number of hydrogen-bond acceptors (Lipinski definition) is 5. The minimum atomic E-state index is -0.139. The van der Waals surface area contributed by atoms with Crippen molar-refractivity contribution in [1.29, 1.82) is 0 Å². The van der Waals surface area contributed by atoms with Gasteiger partial charge < -0.3 is 20.0 Å². The number of nitrogens with zero attached hydrogens (tertiary/aromatic N) is 2. The smallest absolute Gasteiger partial charge is 0.230 e. The molecule has 0 aliphatic carbocycles. The maximum atomic E-state index is 12.3. The molecule has 0 unspecified atom stereocenters. The first-order valence-corrected chi connectivity index (χ1v) is 8.23. The van der Waals surface area contributed by atoms with Crippen LogP contribution in [-0.2, 0) is 17.8 Å². The monoisotopic (exact) mass is 347 g/mol. The molecule has 0 aliphatic heterocycles. The van der Waals surface area contributed by atoms with Gasteiger partial charge in [0.1, 0.15) is 11.6 Å². The fourth-order valence-electron chi connectivity index (χ4n) is 2.72. The van der Waals surface area contributed by atoms with Crippen molar-refractivity contribution in [2.45, 2.75) is 13.0 Å². The standard InChI is InChI=1S/C19H17N5O2/c25-19(10-13-11-20-16-6-2-1-5-15(13)16)22-18-8-7-17(23-24-18)21-12-14-4-3-9-26-14/h1-9,11,20H,10,12H2,(H,21,23)(H,22,24,25). The zero-order valence-corrected chi connectivity index (χ0v) is 13.9. The number of hydrogen-bond donors (Lipinski definition) is 3. The van der Waals surface area contributed by atoms with Crippen LogP contribution in [0.2, 0.25) is 0 Å². The van der Waals surface area contributed by atoms with Crippen LogP contribution in [0.5, 0.6) is 0 Å². The van der Waals surface area contributed by atoms with Crippen LogP contribution >= 0.6 is 0 Å². The summed E-state index contributed by atoms with van der Waals surface area (Å²) < 4.78 is 5.24. The average molecular weight is 347 g/mol. The number of amides is 1. The Bertz CT molecular complexity index is 1010. The molecular weight excluding hydrogens is 330 g/mol. The van der Waals surface area contributed by atoms with Gasteiger partial charge in [0.2, 0.25) is 5.91 Å². The fraction of sp³-hybridized carbons (Fsp3) is 0.105. The highest BCUT2D eigenvalue weighted by Gasteiger charge is 2.09. The molecule has 3 heterocycles. The highest BCUT2D eigenvalue weighted by molar-refractivity contribution is 5.95. The third-order valence-electron chi connectivity index (χ3n) is 3.98. The molecule has 0 atom stereocenters. The Morgan fingerprint density at radius 3 is 2.69 bits per heavy atom. The van der Waals surface area contributed by atoms with E-state index in [-0.39, 0.29) is 12.3 Å². The van der Waals surface area contributed by atoms with Gasteiger partial charge in [-0.1, -0.05) is 18.2 Å². The maximum absolute atomic E-state index is 12.3. The summed E-state index contributed by atoms with van der Waals surface area (Å²) in [5, 5.41) is 15.0. The number of anilines is 2. The molecule has 1 amide bonds. The molecule has 0 radical (unpaired) electrons. The number of fused-ring (bicyclic) bond motifs is 1. The molecule has 0 spiro atoms. The summed E-state index contributed by atoms with van der Waals surface area (Å²) in [6.45, 7) is 0.522. The lowest BCUT2D eigenvalue weighted by atomic mass is 10.1. The Morgan fingerprint density at radius 1 is 1.04 bits per heavy atom. The first-order chi connectivity index (χ1) is 12.8. The van der Waals surface area contributed by atoms with Crippen molar-refractivity contribution in [2.75, 3.05) is 10.6 Å². The van der Waals surface area contributed by atoms with Gasteiger partial charge in [-0.05, 0) is 35.9 Å². The van der Waals surface area contributed by atoms with Crippen molar-refractivity contribution in [2.24, 2.45) is 0 Å². The number of rotatable bonds is 6. The molecule has 7 heteroatoms. The van der Waals surface area contributed by atoms with Crippen molar-refractivity contribution in [1.82, 2.24) is 15.2 Å². The molecule has 3 N–H and O–H groups in total. The lowest BCUT2D eigenvalue weighted by Gasteiger charge is -2.06.